The molecule has 2 aliphatic rings. The third-order valence-electron chi connectivity index (χ3n) is 4.87. The van der Waals surface area contributed by atoms with Crippen LogP contribution >= 0.6 is 0 Å². The lowest BCUT2D eigenvalue weighted by molar-refractivity contribution is 0.0616. The average molecular weight is 325 g/mol. The van der Waals surface area contributed by atoms with Crippen molar-refractivity contribution >= 4 is 22.9 Å². The number of benzene rings is 1. The minimum Gasteiger partial charge on any atom is -0.447 e. The second-order valence-corrected chi connectivity index (χ2v) is 6.44. The van der Waals surface area contributed by atoms with Gasteiger partial charge >= 0.3 is 6.09 Å². The lowest BCUT2D eigenvalue weighted by Gasteiger charge is -2.35. The van der Waals surface area contributed by atoms with E-state index >= 15 is 0 Å². The number of cyclic esters (lactones) is 1. The number of rotatable bonds is 1. The Hall–Kier alpha value is -2.63. The van der Waals surface area contributed by atoms with Crippen LogP contribution in [0, 0.1) is 13.8 Å². The highest BCUT2D eigenvalue weighted by Crippen LogP contribution is 2.23. The van der Waals surface area contributed by atoms with Gasteiger partial charge in [-0.05, 0) is 25.5 Å². The highest BCUT2D eigenvalue weighted by Gasteiger charge is 2.39. The predicted molar refractivity (Wildman–Crippen MR) is 89.0 cm³/mol. The maximum absolute atomic E-state index is 13.0. The molecular formula is C18H19N3O3. The van der Waals surface area contributed by atoms with E-state index in [1.807, 2.05) is 38.1 Å². The molecule has 1 aromatic heterocycles. The molecule has 0 N–H and O–H groups in total. The van der Waals surface area contributed by atoms with Crippen LogP contribution in [0.2, 0.25) is 0 Å². The van der Waals surface area contributed by atoms with Gasteiger partial charge in [0.25, 0.3) is 5.91 Å². The van der Waals surface area contributed by atoms with Gasteiger partial charge < -0.3 is 9.64 Å². The number of pyridine rings is 1. The van der Waals surface area contributed by atoms with E-state index < -0.39 is 0 Å². The van der Waals surface area contributed by atoms with Crippen molar-refractivity contribution in [2.24, 2.45) is 0 Å². The topological polar surface area (TPSA) is 62.7 Å². The van der Waals surface area contributed by atoms with Crippen LogP contribution in [0.5, 0.6) is 0 Å². The highest BCUT2D eigenvalue weighted by atomic mass is 16.6. The third-order valence-corrected chi connectivity index (χ3v) is 4.87. The normalized spacial score (nSPS) is 20.2. The highest BCUT2D eigenvalue weighted by molar-refractivity contribution is 5.99. The summed E-state index contributed by atoms with van der Waals surface area (Å²) in [4.78, 5) is 32.7. The number of ether oxygens (including phenoxy) is 1. The second-order valence-electron chi connectivity index (χ2n) is 6.44. The Bertz CT molecular complexity index is 849. The fourth-order valence-corrected chi connectivity index (χ4v) is 3.50. The van der Waals surface area contributed by atoms with Crippen molar-refractivity contribution in [3.8, 4) is 0 Å². The van der Waals surface area contributed by atoms with Crippen molar-refractivity contribution in [1.29, 1.82) is 0 Å². The summed E-state index contributed by atoms with van der Waals surface area (Å²) in [6, 6.07) is 7.87. The number of aryl methyl sites for hydroxylation is 2. The number of hydrogen-bond acceptors (Lipinski definition) is 4. The van der Waals surface area contributed by atoms with Crippen LogP contribution in [0.4, 0.5) is 4.79 Å². The number of nitrogens with zero attached hydrogens (tertiary/aromatic N) is 3. The average Bonchev–Trinajstić information content (AvgIpc) is 2.95. The van der Waals surface area contributed by atoms with Gasteiger partial charge in [0, 0.05) is 25.0 Å². The molecule has 2 fully saturated rings. The molecule has 0 spiro atoms. The van der Waals surface area contributed by atoms with Crippen molar-refractivity contribution in [2.75, 3.05) is 26.2 Å². The molecule has 2 aliphatic heterocycles. The van der Waals surface area contributed by atoms with Gasteiger partial charge in [-0.1, -0.05) is 18.2 Å². The summed E-state index contributed by atoms with van der Waals surface area (Å²) in [6.45, 7) is 5.81. The van der Waals surface area contributed by atoms with Crippen LogP contribution in [-0.2, 0) is 4.74 Å². The molecule has 0 unspecified atom stereocenters. The molecule has 1 aromatic carbocycles. The Morgan fingerprint density at radius 1 is 1.29 bits per heavy atom. The van der Waals surface area contributed by atoms with Gasteiger partial charge in [0.2, 0.25) is 0 Å². The van der Waals surface area contributed by atoms with Crippen LogP contribution in [0.1, 0.15) is 21.6 Å². The number of carbonyl (C=O) groups is 2. The van der Waals surface area contributed by atoms with E-state index in [-0.39, 0.29) is 18.0 Å². The van der Waals surface area contributed by atoms with Crippen LogP contribution in [0.3, 0.4) is 0 Å². The van der Waals surface area contributed by atoms with E-state index in [4.69, 9.17) is 4.74 Å². The van der Waals surface area contributed by atoms with Gasteiger partial charge in [0.1, 0.15) is 6.61 Å². The molecule has 0 bridgehead atoms. The molecule has 2 amide bonds. The molecule has 4 rings (SSSR count). The summed E-state index contributed by atoms with van der Waals surface area (Å²) >= 11 is 0. The van der Waals surface area contributed by atoms with Crippen molar-refractivity contribution in [2.45, 2.75) is 19.9 Å². The van der Waals surface area contributed by atoms with E-state index in [1.165, 1.54) is 0 Å². The van der Waals surface area contributed by atoms with Crippen molar-refractivity contribution in [3.63, 3.8) is 0 Å². The van der Waals surface area contributed by atoms with Gasteiger partial charge in [0.15, 0.2) is 0 Å². The number of carbonyl (C=O) groups excluding carboxylic acids is 2. The number of amides is 2. The van der Waals surface area contributed by atoms with Crippen molar-refractivity contribution < 1.29 is 14.3 Å². The van der Waals surface area contributed by atoms with Crippen molar-refractivity contribution in [1.82, 2.24) is 14.8 Å². The lowest BCUT2D eigenvalue weighted by Crippen LogP contribution is -2.53. The summed E-state index contributed by atoms with van der Waals surface area (Å²) in [5.74, 6) is -0.0256. The largest absolute Gasteiger partial charge is 0.447 e. The van der Waals surface area contributed by atoms with Gasteiger partial charge in [-0.3, -0.25) is 14.7 Å². The van der Waals surface area contributed by atoms with E-state index in [0.717, 1.165) is 22.2 Å². The molecule has 0 saturated carbocycles. The van der Waals surface area contributed by atoms with E-state index in [0.29, 0.717) is 31.8 Å². The fourth-order valence-electron chi connectivity index (χ4n) is 3.50. The van der Waals surface area contributed by atoms with Crippen LogP contribution in [0.25, 0.3) is 10.9 Å². The molecule has 2 aromatic rings. The molecule has 2 saturated heterocycles. The molecule has 0 radical (unpaired) electrons. The molecular weight excluding hydrogens is 306 g/mol. The fraction of sp³-hybridized carbons (Fsp3) is 0.389. The number of aromatic nitrogens is 1. The molecule has 1 atom stereocenters. The van der Waals surface area contributed by atoms with Gasteiger partial charge in [-0.25, -0.2) is 4.79 Å². The SMILES string of the molecule is Cc1nc2c(C)cccc2cc1C(=O)N1CCN2C(=O)OC[C@@H]2C1. The van der Waals surface area contributed by atoms with Crippen LogP contribution in [-0.4, -0.2) is 59.1 Å². The number of para-hydroxylation sites is 1. The first-order valence-corrected chi connectivity index (χ1v) is 8.14. The zero-order valence-corrected chi connectivity index (χ0v) is 13.8. The first kappa shape index (κ1) is 14.9. The molecule has 0 aliphatic carbocycles. The van der Waals surface area contributed by atoms with Gasteiger partial charge in [-0.2, -0.15) is 0 Å². The lowest BCUT2D eigenvalue weighted by atomic mass is 10.0. The maximum atomic E-state index is 13.0. The number of hydrogen-bond donors (Lipinski definition) is 0. The summed E-state index contributed by atoms with van der Waals surface area (Å²) in [5, 5.41) is 0.974. The first-order chi connectivity index (χ1) is 11.5. The Morgan fingerprint density at radius 3 is 2.96 bits per heavy atom. The summed E-state index contributed by atoms with van der Waals surface area (Å²) < 4.78 is 5.06. The minimum absolute atomic E-state index is 0.0256. The smallest absolute Gasteiger partial charge is 0.410 e. The van der Waals surface area contributed by atoms with E-state index in [9.17, 15) is 9.59 Å². The molecule has 6 nitrogen and oxygen atoms in total. The summed E-state index contributed by atoms with van der Waals surface area (Å²) in [7, 11) is 0. The monoisotopic (exact) mass is 325 g/mol. The first-order valence-electron chi connectivity index (χ1n) is 8.14. The Labute approximate surface area is 140 Å². The van der Waals surface area contributed by atoms with E-state index in [1.54, 1.807) is 9.80 Å². The molecule has 3 heterocycles. The standard InChI is InChI=1S/C18H19N3O3/c1-11-4-3-5-13-8-15(12(2)19-16(11)13)17(22)20-6-7-21-14(9-20)10-24-18(21)23/h3-5,8,14H,6-7,9-10H2,1-2H3/t14-/m0/s1. The number of piperazine rings is 1. The van der Waals surface area contributed by atoms with Gasteiger partial charge in [0.05, 0.1) is 22.8 Å². The van der Waals surface area contributed by atoms with Crippen molar-refractivity contribution in [3.05, 3.63) is 41.1 Å². The van der Waals surface area contributed by atoms with Gasteiger partial charge in [-0.15, -0.1) is 0 Å². The molecule has 24 heavy (non-hydrogen) atoms. The maximum Gasteiger partial charge on any atom is 0.410 e. The Kier molecular flexibility index (Phi) is 3.40. The number of fused-ring (bicyclic) bond motifs is 2. The minimum atomic E-state index is -0.272. The molecule has 124 valence electrons. The third kappa shape index (κ3) is 2.29. The predicted octanol–water partition coefficient (Wildman–Crippen LogP) is 2.13. The summed E-state index contributed by atoms with van der Waals surface area (Å²) in [5.41, 5.74) is 3.41. The molecule has 6 heteroatoms. The van der Waals surface area contributed by atoms with E-state index in [2.05, 4.69) is 4.98 Å². The van der Waals surface area contributed by atoms with Crippen LogP contribution in [0.15, 0.2) is 24.3 Å². The zero-order chi connectivity index (χ0) is 16.8. The second kappa shape index (κ2) is 5.47. The quantitative estimate of drug-likeness (QED) is 0.806. The Balaban J connectivity index is 1.64. The van der Waals surface area contributed by atoms with Crippen LogP contribution < -0.4 is 0 Å². The zero-order valence-electron chi connectivity index (χ0n) is 13.8. The summed E-state index contributed by atoms with van der Waals surface area (Å²) in [6.07, 6.45) is -0.272. The Morgan fingerprint density at radius 2 is 2.12 bits per heavy atom.